The molecule has 3 aromatic heterocycles. The fraction of sp³-hybridized carbons (Fsp3) is 0.254. The average Bonchev–Trinajstić information content (AvgIpc) is 3.91. The maximum Gasteiger partial charge on any atom is 0.149 e. The third-order valence-electron chi connectivity index (χ3n) is 13.4. The van der Waals surface area contributed by atoms with Crippen LogP contribution in [0.2, 0.25) is 0 Å². The van der Waals surface area contributed by atoms with E-state index < -0.39 is 5.41 Å². The Balaban J connectivity index is 1.30. The second-order valence-electron chi connectivity index (χ2n) is 21.3. The number of phenols is 1. The minimum atomic E-state index is -0.399. The molecule has 9 aromatic rings. The molecule has 10 rings (SSSR count). The summed E-state index contributed by atoms with van der Waals surface area (Å²) < 4.78 is 9.27. The van der Waals surface area contributed by atoms with Gasteiger partial charge in [0, 0.05) is 33.9 Å². The van der Waals surface area contributed by atoms with Crippen molar-refractivity contribution in [1.29, 1.82) is 0 Å². The molecule has 0 aliphatic heterocycles. The molecule has 0 unspecified atom stereocenters. The van der Waals surface area contributed by atoms with Crippen LogP contribution < -0.4 is 0 Å². The molecule has 0 fully saturated rings. The Morgan fingerprint density at radius 3 is 1.92 bits per heavy atom. The molecular weight excluding hydrogens is 783 g/mol. The minimum Gasteiger partial charge on any atom is -0.507 e. The molecule has 6 aromatic carbocycles. The number of imidazole rings is 1. The summed E-state index contributed by atoms with van der Waals surface area (Å²) in [6.45, 7) is 24.5. The quantitative estimate of drug-likeness (QED) is 0.187. The number of fused-ring (bicyclic) bond motifs is 7. The first kappa shape index (κ1) is 41.3. The summed E-state index contributed by atoms with van der Waals surface area (Å²) in [5, 5.41) is 13.6. The monoisotopic (exact) mass is 839 g/mol. The molecule has 0 saturated heterocycles. The van der Waals surface area contributed by atoms with Gasteiger partial charge in [-0.3, -0.25) is 9.55 Å². The van der Waals surface area contributed by atoms with Crippen LogP contribution in [0, 0.1) is 0 Å². The van der Waals surface area contributed by atoms with Crippen LogP contribution >= 0.6 is 0 Å². The minimum absolute atomic E-state index is 0.0796. The number of hydrogen-bond donors (Lipinski definition) is 1. The number of nitrogens with zero attached hydrogens (tertiary/aromatic N) is 3. The lowest BCUT2D eigenvalue weighted by Gasteiger charge is -2.28. The second kappa shape index (κ2) is 14.4. The van der Waals surface area contributed by atoms with Crippen LogP contribution in [0.15, 0.2) is 144 Å². The average molecular weight is 840 g/mol. The van der Waals surface area contributed by atoms with Gasteiger partial charge in [-0.1, -0.05) is 147 Å². The van der Waals surface area contributed by atoms with Gasteiger partial charge in [-0.05, 0) is 118 Å². The predicted octanol–water partition coefficient (Wildman–Crippen LogP) is 15.7. The number of hydrogen-bond acceptors (Lipinski definition) is 4. The summed E-state index contributed by atoms with van der Waals surface area (Å²) in [5.41, 5.74) is 16.3. The van der Waals surface area contributed by atoms with Gasteiger partial charge in [-0.2, -0.15) is 0 Å². The molecule has 0 amide bonds. The van der Waals surface area contributed by atoms with E-state index in [0.29, 0.717) is 11.4 Å². The van der Waals surface area contributed by atoms with Crippen LogP contribution in [0.5, 0.6) is 5.75 Å². The Morgan fingerprint density at radius 2 is 1.25 bits per heavy atom. The van der Waals surface area contributed by atoms with E-state index in [9.17, 15) is 5.11 Å². The van der Waals surface area contributed by atoms with Gasteiger partial charge < -0.3 is 9.52 Å². The van der Waals surface area contributed by atoms with Gasteiger partial charge in [-0.25, -0.2) is 4.98 Å². The zero-order valence-corrected chi connectivity index (χ0v) is 39.0. The zero-order valence-electron chi connectivity index (χ0n) is 39.0. The molecule has 1 N–H and O–H groups in total. The van der Waals surface area contributed by atoms with Crippen molar-refractivity contribution >= 4 is 22.0 Å². The Kier molecular flexibility index (Phi) is 9.29. The van der Waals surface area contributed by atoms with E-state index in [2.05, 4.69) is 208 Å². The van der Waals surface area contributed by atoms with E-state index in [4.69, 9.17) is 14.4 Å². The van der Waals surface area contributed by atoms with Gasteiger partial charge in [0.25, 0.3) is 0 Å². The van der Waals surface area contributed by atoms with Crippen molar-refractivity contribution in [2.75, 3.05) is 0 Å². The number of phenolic OH excluding ortho intramolecular Hbond substituents is 1. The molecule has 0 atom stereocenters. The maximum absolute atomic E-state index is 12.6. The maximum atomic E-state index is 12.6. The van der Waals surface area contributed by atoms with Crippen LogP contribution in [0.1, 0.15) is 104 Å². The SMILES string of the molecule is CC(C)(C)c1ccc(-n2c(-c3cc(C(C)(C)C)cc(C(C)(C)C)c3O)nc3c4c5c(oc4ccc32)C(C)(C)c2ccc(-c3cc(-c4ccccc4)ccn3)cc2-5)c(-c2ccccc2)c1. The number of benzene rings is 6. The summed E-state index contributed by atoms with van der Waals surface area (Å²) in [7, 11) is 0. The fourth-order valence-corrected chi connectivity index (χ4v) is 9.68. The first-order valence-electron chi connectivity index (χ1n) is 22.5. The highest BCUT2D eigenvalue weighted by Crippen LogP contribution is 2.55. The molecule has 3 heterocycles. The molecule has 0 spiro atoms. The number of furan rings is 1. The van der Waals surface area contributed by atoms with Crippen LogP contribution in [0.3, 0.4) is 0 Å². The highest BCUT2D eigenvalue weighted by molar-refractivity contribution is 6.14. The Hall–Kier alpha value is -6.72. The fourth-order valence-electron chi connectivity index (χ4n) is 9.68. The second-order valence-corrected chi connectivity index (χ2v) is 21.3. The van der Waals surface area contributed by atoms with E-state index in [1.807, 2.05) is 12.3 Å². The molecule has 0 radical (unpaired) electrons. The number of pyridine rings is 1. The summed E-state index contributed by atoms with van der Waals surface area (Å²) >= 11 is 0. The lowest BCUT2D eigenvalue weighted by Crippen LogP contribution is -2.17. The number of rotatable bonds is 5. The van der Waals surface area contributed by atoms with E-state index in [1.165, 1.54) is 11.1 Å². The van der Waals surface area contributed by atoms with Gasteiger partial charge in [0.1, 0.15) is 28.4 Å². The summed E-state index contributed by atoms with van der Waals surface area (Å²) in [6, 6.07) is 47.5. The summed E-state index contributed by atoms with van der Waals surface area (Å²) in [5.74, 6) is 1.86. The van der Waals surface area contributed by atoms with Gasteiger partial charge in [0.05, 0.1) is 27.8 Å². The molecule has 0 bridgehead atoms. The Morgan fingerprint density at radius 1 is 0.578 bits per heavy atom. The van der Waals surface area contributed by atoms with Gasteiger partial charge in [0.15, 0.2) is 0 Å². The Bertz CT molecular complexity index is 3290. The van der Waals surface area contributed by atoms with Crippen molar-refractivity contribution in [3.05, 3.63) is 168 Å². The highest BCUT2D eigenvalue weighted by Gasteiger charge is 2.42. The number of aromatic nitrogens is 3. The third-order valence-corrected chi connectivity index (χ3v) is 13.4. The van der Waals surface area contributed by atoms with Crippen molar-refractivity contribution in [3.8, 4) is 67.5 Å². The largest absolute Gasteiger partial charge is 0.507 e. The number of aromatic hydroxyl groups is 1. The normalized spacial score (nSPS) is 13.7. The van der Waals surface area contributed by atoms with Crippen LogP contribution in [-0.4, -0.2) is 19.6 Å². The third kappa shape index (κ3) is 6.67. The zero-order chi connectivity index (χ0) is 45.1. The molecule has 0 saturated carbocycles. The van der Waals surface area contributed by atoms with E-state index in [-0.39, 0.29) is 22.0 Å². The molecule has 1 aliphatic carbocycles. The smallest absolute Gasteiger partial charge is 0.149 e. The van der Waals surface area contributed by atoms with Crippen molar-refractivity contribution in [3.63, 3.8) is 0 Å². The topological polar surface area (TPSA) is 64.1 Å². The van der Waals surface area contributed by atoms with Gasteiger partial charge in [-0.15, -0.1) is 0 Å². The lowest BCUT2D eigenvalue weighted by molar-refractivity contribution is 0.446. The molecular formula is C59H57N3O2. The summed E-state index contributed by atoms with van der Waals surface area (Å²) in [4.78, 5) is 10.6. The highest BCUT2D eigenvalue weighted by atomic mass is 16.3. The molecule has 5 nitrogen and oxygen atoms in total. The van der Waals surface area contributed by atoms with Gasteiger partial charge >= 0.3 is 0 Å². The Labute approximate surface area is 377 Å². The first-order chi connectivity index (χ1) is 30.3. The van der Waals surface area contributed by atoms with E-state index in [1.54, 1.807) is 0 Å². The molecule has 320 valence electrons. The van der Waals surface area contributed by atoms with Crippen molar-refractivity contribution in [2.45, 2.75) is 97.8 Å². The van der Waals surface area contributed by atoms with Crippen LogP contribution in [0.25, 0.3) is 83.7 Å². The summed E-state index contributed by atoms with van der Waals surface area (Å²) in [6.07, 6.45) is 1.90. The van der Waals surface area contributed by atoms with Crippen LogP contribution in [-0.2, 0) is 21.7 Å². The molecule has 5 heteroatoms. The van der Waals surface area contributed by atoms with Crippen molar-refractivity contribution in [2.24, 2.45) is 0 Å². The van der Waals surface area contributed by atoms with Gasteiger partial charge in [0.2, 0.25) is 0 Å². The first-order valence-corrected chi connectivity index (χ1v) is 22.5. The predicted molar refractivity (Wildman–Crippen MR) is 266 cm³/mol. The molecule has 1 aliphatic rings. The lowest BCUT2D eigenvalue weighted by atomic mass is 9.79. The van der Waals surface area contributed by atoms with E-state index >= 15 is 0 Å². The standard InChI is InChI=1S/C59H57N3O2/c1-56(2,3)39-23-25-47(41(32-39)36-20-16-13-17-21-36)62-48-26-27-49-51(52(48)61-55(62)43-33-40(57(4,5)6)34-45(53(43)63)58(7,8)9)50-42-30-38(22-24-44(42)59(10,11)54(50)64-49)46-31-37(28-29-60-46)35-18-14-12-15-19-35/h12-34,63H,1-11H3. The van der Waals surface area contributed by atoms with E-state index in [0.717, 1.165) is 89.2 Å². The van der Waals surface area contributed by atoms with Crippen molar-refractivity contribution in [1.82, 2.24) is 14.5 Å². The van der Waals surface area contributed by atoms with Crippen molar-refractivity contribution < 1.29 is 9.52 Å². The van der Waals surface area contributed by atoms with Crippen LogP contribution in [0.4, 0.5) is 0 Å². The molecule has 64 heavy (non-hydrogen) atoms.